The molecule has 1 N–H and O–H groups in total. The summed E-state index contributed by atoms with van der Waals surface area (Å²) >= 11 is 0. The summed E-state index contributed by atoms with van der Waals surface area (Å²) in [6, 6.07) is 12.0. The first-order chi connectivity index (χ1) is 9.46. The molecule has 0 saturated carbocycles. The van der Waals surface area contributed by atoms with Crippen molar-refractivity contribution in [1.29, 1.82) is 0 Å². The van der Waals surface area contributed by atoms with Crippen LogP contribution in [0.25, 0.3) is 0 Å². The molecule has 0 heterocycles. The standard InChI is InChI=1S/C14H14FNO3S/c1-16(12-5-3-2-4-6-12)20(18,19)14-8-7-11(10-17)9-13(14)15/h2-9,17H,10H2,1H3. The van der Waals surface area contributed by atoms with Crippen molar-refractivity contribution in [3.8, 4) is 0 Å². The molecule has 0 fully saturated rings. The third-order valence-electron chi connectivity index (χ3n) is 2.94. The molecule has 0 unspecified atom stereocenters. The molecule has 4 nitrogen and oxygen atoms in total. The highest BCUT2D eigenvalue weighted by Gasteiger charge is 2.24. The van der Waals surface area contributed by atoms with E-state index in [0.29, 0.717) is 11.3 Å². The van der Waals surface area contributed by atoms with Gasteiger partial charge in [0.1, 0.15) is 10.7 Å². The summed E-state index contributed by atoms with van der Waals surface area (Å²) in [7, 11) is -2.61. The highest BCUT2D eigenvalue weighted by Crippen LogP contribution is 2.24. The van der Waals surface area contributed by atoms with Gasteiger partial charge < -0.3 is 5.11 Å². The van der Waals surface area contributed by atoms with Gasteiger partial charge >= 0.3 is 0 Å². The van der Waals surface area contributed by atoms with E-state index in [-0.39, 0.29) is 6.61 Å². The van der Waals surface area contributed by atoms with E-state index < -0.39 is 20.7 Å². The number of nitrogens with zero attached hydrogens (tertiary/aromatic N) is 1. The van der Waals surface area contributed by atoms with Gasteiger partial charge in [-0.1, -0.05) is 24.3 Å². The maximum atomic E-state index is 13.9. The average Bonchev–Trinajstić information content (AvgIpc) is 2.46. The molecule has 106 valence electrons. The topological polar surface area (TPSA) is 57.6 Å². The SMILES string of the molecule is CN(c1ccccc1)S(=O)(=O)c1ccc(CO)cc1F. The Kier molecular flexibility index (Phi) is 4.06. The molecule has 0 amide bonds. The van der Waals surface area contributed by atoms with E-state index in [1.54, 1.807) is 30.3 Å². The highest BCUT2D eigenvalue weighted by atomic mass is 32.2. The largest absolute Gasteiger partial charge is 0.392 e. The Morgan fingerprint density at radius 2 is 1.80 bits per heavy atom. The molecular formula is C14H14FNO3S. The van der Waals surface area contributed by atoms with Crippen LogP contribution in [-0.4, -0.2) is 20.6 Å². The number of hydrogen-bond acceptors (Lipinski definition) is 3. The van der Waals surface area contributed by atoms with Gasteiger partial charge in [0.05, 0.1) is 12.3 Å². The van der Waals surface area contributed by atoms with Gasteiger partial charge in [0, 0.05) is 7.05 Å². The molecule has 0 saturated heterocycles. The first-order valence-corrected chi connectivity index (χ1v) is 7.34. The molecule has 0 spiro atoms. The van der Waals surface area contributed by atoms with Crippen LogP contribution in [0.3, 0.4) is 0 Å². The summed E-state index contributed by atoms with van der Waals surface area (Å²) in [5, 5.41) is 8.92. The van der Waals surface area contributed by atoms with Gasteiger partial charge in [-0.25, -0.2) is 12.8 Å². The Labute approximate surface area is 117 Å². The maximum Gasteiger partial charge on any atom is 0.266 e. The summed E-state index contributed by atoms with van der Waals surface area (Å²) in [6.07, 6.45) is 0. The Balaban J connectivity index is 2.45. The molecule has 0 radical (unpaired) electrons. The number of rotatable bonds is 4. The summed E-state index contributed by atoms with van der Waals surface area (Å²) in [5.74, 6) is -0.876. The third kappa shape index (κ3) is 2.66. The zero-order valence-electron chi connectivity index (χ0n) is 10.8. The summed E-state index contributed by atoms with van der Waals surface area (Å²) in [5.41, 5.74) is 0.766. The maximum absolute atomic E-state index is 13.9. The minimum absolute atomic E-state index is 0.323. The van der Waals surface area contributed by atoms with E-state index >= 15 is 0 Å². The zero-order chi connectivity index (χ0) is 14.8. The number of anilines is 1. The first kappa shape index (κ1) is 14.5. The number of benzene rings is 2. The van der Waals surface area contributed by atoms with Crippen LogP contribution in [0.15, 0.2) is 53.4 Å². The van der Waals surface area contributed by atoms with Crippen LogP contribution in [0.4, 0.5) is 10.1 Å². The lowest BCUT2D eigenvalue weighted by molar-refractivity contribution is 0.281. The quantitative estimate of drug-likeness (QED) is 0.940. The second kappa shape index (κ2) is 5.60. The number of halogens is 1. The minimum Gasteiger partial charge on any atom is -0.392 e. The van der Waals surface area contributed by atoms with Crippen molar-refractivity contribution in [2.24, 2.45) is 0 Å². The van der Waals surface area contributed by atoms with Crippen molar-refractivity contribution < 1.29 is 17.9 Å². The number of hydrogen-bond donors (Lipinski definition) is 1. The van der Waals surface area contributed by atoms with Gasteiger partial charge in [-0.2, -0.15) is 0 Å². The smallest absolute Gasteiger partial charge is 0.266 e. The molecule has 0 aromatic heterocycles. The van der Waals surface area contributed by atoms with Crippen molar-refractivity contribution in [2.75, 3.05) is 11.4 Å². The molecule has 2 aromatic carbocycles. The van der Waals surface area contributed by atoms with Crippen molar-refractivity contribution in [2.45, 2.75) is 11.5 Å². The molecule has 20 heavy (non-hydrogen) atoms. The molecular weight excluding hydrogens is 281 g/mol. The van der Waals surface area contributed by atoms with E-state index in [2.05, 4.69) is 0 Å². The van der Waals surface area contributed by atoms with E-state index in [0.717, 1.165) is 16.4 Å². The Morgan fingerprint density at radius 1 is 1.15 bits per heavy atom. The molecule has 0 atom stereocenters. The Morgan fingerprint density at radius 3 is 2.35 bits per heavy atom. The normalized spacial score (nSPS) is 11.3. The molecule has 2 aromatic rings. The molecule has 0 aliphatic heterocycles. The lowest BCUT2D eigenvalue weighted by atomic mass is 10.2. The van der Waals surface area contributed by atoms with Gasteiger partial charge in [-0.05, 0) is 29.8 Å². The van der Waals surface area contributed by atoms with Crippen LogP contribution in [0.1, 0.15) is 5.56 Å². The fraction of sp³-hybridized carbons (Fsp3) is 0.143. The number of para-hydroxylation sites is 1. The average molecular weight is 295 g/mol. The third-order valence-corrected chi connectivity index (χ3v) is 4.76. The lowest BCUT2D eigenvalue weighted by Gasteiger charge is -2.19. The molecule has 0 aliphatic rings. The fourth-order valence-corrected chi connectivity index (χ4v) is 3.02. The number of aliphatic hydroxyl groups is 1. The summed E-state index contributed by atoms with van der Waals surface area (Å²) in [6.45, 7) is -0.341. The number of aliphatic hydroxyl groups excluding tert-OH is 1. The predicted octanol–water partition coefficient (Wildman–Crippen LogP) is 2.14. The van der Waals surface area contributed by atoms with E-state index in [4.69, 9.17) is 5.11 Å². The molecule has 2 rings (SSSR count). The van der Waals surface area contributed by atoms with Crippen LogP contribution in [0.2, 0.25) is 0 Å². The summed E-state index contributed by atoms with van der Waals surface area (Å²) < 4.78 is 39.7. The second-order valence-corrected chi connectivity index (χ2v) is 6.17. The van der Waals surface area contributed by atoms with Crippen LogP contribution >= 0.6 is 0 Å². The first-order valence-electron chi connectivity index (χ1n) is 5.90. The summed E-state index contributed by atoms with van der Waals surface area (Å²) in [4.78, 5) is -0.416. The zero-order valence-corrected chi connectivity index (χ0v) is 11.6. The molecule has 6 heteroatoms. The van der Waals surface area contributed by atoms with Gasteiger partial charge in [-0.15, -0.1) is 0 Å². The highest BCUT2D eigenvalue weighted by molar-refractivity contribution is 7.92. The van der Waals surface area contributed by atoms with Crippen molar-refractivity contribution in [1.82, 2.24) is 0 Å². The van der Waals surface area contributed by atoms with E-state index in [9.17, 15) is 12.8 Å². The van der Waals surface area contributed by atoms with E-state index in [1.165, 1.54) is 13.1 Å². The van der Waals surface area contributed by atoms with Gasteiger partial charge in [-0.3, -0.25) is 4.31 Å². The minimum atomic E-state index is -3.97. The Bertz CT molecular complexity index is 702. The van der Waals surface area contributed by atoms with Crippen LogP contribution in [0.5, 0.6) is 0 Å². The monoisotopic (exact) mass is 295 g/mol. The van der Waals surface area contributed by atoms with Gasteiger partial charge in [0.25, 0.3) is 10.0 Å². The lowest BCUT2D eigenvalue weighted by Crippen LogP contribution is -2.27. The Hall–Kier alpha value is -1.92. The van der Waals surface area contributed by atoms with Crippen molar-refractivity contribution in [3.05, 3.63) is 59.9 Å². The van der Waals surface area contributed by atoms with E-state index in [1.807, 2.05) is 0 Å². The van der Waals surface area contributed by atoms with Gasteiger partial charge in [0.15, 0.2) is 0 Å². The predicted molar refractivity (Wildman–Crippen MR) is 74.4 cm³/mol. The van der Waals surface area contributed by atoms with Crippen LogP contribution < -0.4 is 4.31 Å². The van der Waals surface area contributed by atoms with Crippen LogP contribution in [-0.2, 0) is 16.6 Å². The van der Waals surface area contributed by atoms with Crippen LogP contribution in [0, 0.1) is 5.82 Å². The van der Waals surface area contributed by atoms with Crippen molar-refractivity contribution in [3.63, 3.8) is 0 Å². The van der Waals surface area contributed by atoms with Crippen molar-refractivity contribution >= 4 is 15.7 Å². The number of sulfonamides is 1. The molecule has 0 bridgehead atoms. The second-order valence-electron chi connectivity index (χ2n) is 4.23. The fourth-order valence-electron chi connectivity index (χ4n) is 1.78. The van der Waals surface area contributed by atoms with Gasteiger partial charge in [0.2, 0.25) is 0 Å². The molecule has 0 aliphatic carbocycles.